The maximum absolute atomic E-state index is 11.7. The van der Waals surface area contributed by atoms with Crippen LogP contribution in [0.3, 0.4) is 0 Å². The van der Waals surface area contributed by atoms with Crippen molar-refractivity contribution in [1.82, 2.24) is 0 Å². The molecular formula is C5H4F3NO2. The molecule has 0 fully saturated rings. The largest absolute Gasteiger partial charge is 0.447 e. The van der Waals surface area contributed by atoms with Crippen LogP contribution in [-0.2, 0) is 9.53 Å². The standard InChI is InChI=1S/C5H4F3NO2/c1-2-3(10)11-4(9-2)5(6,7)8/h4H,1H3. The highest BCUT2D eigenvalue weighted by molar-refractivity contribution is 6.36. The highest BCUT2D eigenvalue weighted by Crippen LogP contribution is 2.26. The molecule has 0 aromatic carbocycles. The van der Waals surface area contributed by atoms with E-state index in [0.29, 0.717) is 0 Å². The first-order valence-corrected chi connectivity index (χ1v) is 2.73. The Morgan fingerprint density at radius 3 is 2.27 bits per heavy atom. The summed E-state index contributed by atoms with van der Waals surface area (Å²) < 4.78 is 39.0. The van der Waals surface area contributed by atoms with Gasteiger partial charge in [-0.1, -0.05) is 0 Å². The summed E-state index contributed by atoms with van der Waals surface area (Å²) in [7, 11) is 0. The molecular weight excluding hydrogens is 163 g/mol. The summed E-state index contributed by atoms with van der Waals surface area (Å²) in [4.78, 5) is 13.3. The molecule has 0 aromatic heterocycles. The Bertz CT molecular complexity index is 220. The third-order valence-corrected chi connectivity index (χ3v) is 1.10. The Kier molecular flexibility index (Phi) is 1.62. The number of alkyl halides is 3. The van der Waals surface area contributed by atoms with E-state index in [9.17, 15) is 18.0 Å². The summed E-state index contributed by atoms with van der Waals surface area (Å²) in [6, 6.07) is 0. The van der Waals surface area contributed by atoms with Crippen molar-refractivity contribution in [2.45, 2.75) is 19.3 Å². The van der Waals surface area contributed by atoms with Crippen molar-refractivity contribution in [2.24, 2.45) is 4.99 Å². The zero-order valence-corrected chi connectivity index (χ0v) is 5.47. The first-order valence-electron chi connectivity index (χ1n) is 2.73. The van der Waals surface area contributed by atoms with Crippen LogP contribution in [0.2, 0.25) is 0 Å². The maximum atomic E-state index is 11.7. The van der Waals surface area contributed by atoms with Crippen molar-refractivity contribution in [1.29, 1.82) is 0 Å². The molecule has 0 N–H and O–H groups in total. The van der Waals surface area contributed by atoms with E-state index in [0.717, 1.165) is 0 Å². The van der Waals surface area contributed by atoms with E-state index in [2.05, 4.69) is 9.73 Å². The third kappa shape index (κ3) is 1.50. The Hall–Kier alpha value is -1.07. The van der Waals surface area contributed by atoms with Gasteiger partial charge in [-0.25, -0.2) is 9.79 Å². The molecule has 11 heavy (non-hydrogen) atoms. The van der Waals surface area contributed by atoms with Crippen LogP contribution in [0.4, 0.5) is 13.2 Å². The van der Waals surface area contributed by atoms with Crippen molar-refractivity contribution in [3.05, 3.63) is 0 Å². The van der Waals surface area contributed by atoms with Gasteiger partial charge in [-0.15, -0.1) is 0 Å². The summed E-state index contributed by atoms with van der Waals surface area (Å²) >= 11 is 0. The molecule has 1 aliphatic heterocycles. The number of hydrogen-bond donors (Lipinski definition) is 0. The van der Waals surface area contributed by atoms with Crippen LogP contribution in [0.5, 0.6) is 0 Å². The van der Waals surface area contributed by atoms with Gasteiger partial charge in [0.1, 0.15) is 5.71 Å². The van der Waals surface area contributed by atoms with Gasteiger partial charge in [-0.3, -0.25) is 0 Å². The second-order valence-electron chi connectivity index (χ2n) is 2.01. The Morgan fingerprint density at radius 2 is 2.09 bits per heavy atom. The number of hydrogen-bond acceptors (Lipinski definition) is 3. The zero-order valence-electron chi connectivity index (χ0n) is 5.47. The molecule has 6 heteroatoms. The molecule has 0 radical (unpaired) electrons. The summed E-state index contributed by atoms with van der Waals surface area (Å²) in [5.41, 5.74) is -0.243. The van der Waals surface area contributed by atoms with E-state index in [1.54, 1.807) is 0 Å². The number of halogens is 3. The second kappa shape index (κ2) is 2.21. The lowest BCUT2D eigenvalue weighted by Gasteiger charge is -2.09. The van der Waals surface area contributed by atoms with Crippen LogP contribution in [-0.4, -0.2) is 24.1 Å². The van der Waals surface area contributed by atoms with Crippen molar-refractivity contribution in [3.63, 3.8) is 0 Å². The predicted molar refractivity (Wildman–Crippen MR) is 29.0 cm³/mol. The van der Waals surface area contributed by atoms with Crippen molar-refractivity contribution in [3.8, 4) is 0 Å². The van der Waals surface area contributed by atoms with E-state index < -0.39 is 18.4 Å². The third-order valence-electron chi connectivity index (χ3n) is 1.10. The monoisotopic (exact) mass is 167 g/mol. The molecule has 0 saturated carbocycles. The second-order valence-corrected chi connectivity index (χ2v) is 2.01. The Labute approximate surface area is 59.9 Å². The number of esters is 1. The van der Waals surface area contributed by atoms with Crippen LogP contribution in [0.25, 0.3) is 0 Å². The minimum Gasteiger partial charge on any atom is -0.425 e. The number of nitrogens with zero attached hydrogens (tertiary/aromatic N) is 1. The lowest BCUT2D eigenvalue weighted by Crippen LogP contribution is -2.27. The zero-order chi connectivity index (χ0) is 8.65. The van der Waals surface area contributed by atoms with E-state index in [-0.39, 0.29) is 5.71 Å². The SMILES string of the molecule is CC1=NC(C(F)(F)F)OC1=O. The molecule has 1 atom stereocenters. The molecule has 3 nitrogen and oxygen atoms in total. The molecule has 1 rings (SSSR count). The average Bonchev–Trinajstić information content (AvgIpc) is 2.11. The summed E-state index contributed by atoms with van der Waals surface area (Å²) in [6.07, 6.45) is -6.89. The molecule has 0 aliphatic carbocycles. The number of rotatable bonds is 0. The topological polar surface area (TPSA) is 38.7 Å². The Balaban J connectivity index is 2.76. The summed E-state index contributed by atoms with van der Waals surface area (Å²) in [6.45, 7) is 1.17. The van der Waals surface area contributed by atoms with Gasteiger partial charge < -0.3 is 4.74 Å². The van der Waals surface area contributed by atoms with Crippen molar-refractivity contribution in [2.75, 3.05) is 0 Å². The fourth-order valence-corrected chi connectivity index (χ4v) is 0.582. The molecule has 1 unspecified atom stereocenters. The molecule has 0 amide bonds. The molecule has 0 saturated heterocycles. The van der Waals surface area contributed by atoms with E-state index in [4.69, 9.17) is 0 Å². The van der Waals surface area contributed by atoms with E-state index in [1.807, 2.05) is 0 Å². The molecule has 0 bridgehead atoms. The fraction of sp³-hybridized carbons (Fsp3) is 0.600. The van der Waals surface area contributed by atoms with E-state index in [1.165, 1.54) is 6.92 Å². The van der Waals surface area contributed by atoms with Gasteiger partial charge >= 0.3 is 12.1 Å². The highest BCUT2D eigenvalue weighted by Gasteiger charge is 2.46. The van der Waals surface area contributed by atoms with Crippen LogP contribution < -0.4 is 0 Å². The minimum absolute atomic E-state index is 0.243. The highest BCUT2D eigenvalue weighted by atomic mass is 19.4. The van der Waals surface area contributed by atoms with Crippen molar-refractivity contribution < 1.29 is 22.7 Å². The lowest BCUT2D eigenvalue weighted by atomic mass is 10.4. The van der Waals surface area contributed by atoms with Gasteiger partial charge in [0.05, 0.1) is 0 Å². The fourth-order valence-electron chi connectivity index (χ4n) is 0.582. The maximum Gasteiger partial charge on any atom is 0.447 e. The van der Waals surface area contributed by atoms with Gasteiger partial charge in [-0.05, 0) is 6.92 Å². The minimum atomic E-state index is -4.59. The number of cyclic esters (lactones) is 1. The van der Waals surface area contributed by atoms with Gasteiger partial charge in [0.2, 0.25) is 0 Å². The Morgan fingerprint density at radius 1 is 1.55 bits per heavy atom. The summed E-state index contributed by atoms with van der Waals surface area (Å²) in [5, 5.41) is 0. The van der Waals surface area contributed by atoms with Crippen LogP contribution >= 0.6 is 0 Å². The number of carbonyl (C=O) groups is 1. The summed E-state index contributed by atoms with van der Waals surface area (Å²) in [5.74, 6) is -1.01. The molecule has 0 spiro atoms. The number of ether oxygens (including phenoxy) is 1. The van der Waals surface area contributed by atoms with Crippen LogP contribution in [0, 0.1) is 0 Å². The number of aliphatic imine (C=N–C) groups is 1. The van der Waals surface area contributed by atoms with Gasteiger partial charge in [-0.2, -0.15) is 13.2 Å². The van der Waals surface area contributed by atoms with Gasteiger partial charge in [0.15, 0.2) is 0 Å². The smallest absolute Gasteiger partial charge is 0.425 e. The van der Waals surface area contributed by atoms with E-state index >= 15 is 0 Å². The first kappa shape index (κ1) is 8.03. The average molecular weight is 167 g/mol. The quantitative estimate of drug-likeness (QED) is 0.502. The number of carbonyl (C=O) groups excluding carboxylic acids is 1. The molecule has 0 aromatic rings. The van der Waals surface area contributed by atoms with Gasteiger partial charge in [0.25, 0.3) is 6.23 Å². The first-order chi connectivity index (χ1) is 4.91. The van der Waals surface area contributed by atoms with Crippen molar-refractivity contribution >= 4 is 11.7 Å². The normalized spacial score (nSPS) is 24.9. The lowest BCUT2D eigenvalue weighted by molar-refractivity contribution is -0.210. The van der Waals surface area contributed by atoms with Crippen LogP contribution in [0.15, 0.2) is 4.99 Å². The molecule has 1 aliphatic rings. The molecule has 1 heterocycles. The predicted octanol–water partition coefficient (Wildman–Crippen LogP) is 0.893. The molecule has 62 valence electrons. The van der Waals surface area contributed by atoms with Crippen LogP contribution in [0.1, 0.15) is 6.92 Å². The van der Waals surface area contributed by atoms with Gasteiger partial charge in [0, 0.05) is 0 Å².